The van der Waals surface area contributed by atoms with Crippen LogP contribution in [-0.2, 0) is 16.2 Å². The molecule has 0 radical (unpaired) electrons. The predicted octanol–water partition coefficient (Wildman–Crippen LogP) is 6.20. The first-order valence-electron chi connectivity index (χ1n) is 13.2. The van der Waals surface area contributed by atoms with Crippen LogP contribution in [0.5, 0.6) is 23.0 Å². The highest BCUT2D eigenvalue weighted by atomic mass is 79.9. The Morgan fingerprint density at radius 3 is 2.24 bits per heavy atom. The van der Waals surface area contributed by atoms with E-state index in [1.165, 1.54) is 12.1 Å². The van der Waals surface area contributed by atoms with Gasteiger partial charge in [-0.05, 0) is 69.2 Å². The standard InChI is InChI=1S/C31H31BrN2O7/c1-5-38-22-11-12-26(39-6-2)25(16-22)34-30(36)23(29(35)33-31(34)37)14-21-15-27(40-7-3)28(17-24(21)32)41-18-20-10-8-9-19(4)13-20/h8-17H,5-7,18H2,1-4H3,(H,33,35,37)/b23-14+. The summed E-state index contributed by atoms with van der Waals surface area (Å²) in [6.07, 6.45) is 1.40. The van der Waals surface area contributed by atoms with Crippen molar-refractivity contribution >= 4 is 45.5 Å². The largest absolute Gasteiger partial charge is 0.494 e. The van der Waals surface area contributed by atoms with Crippen LogP contribution in [0, 0.1) is 6.92 Å². The number of nitrogens with zero attached hydrogens (tertiary/aromatic N) is 1. The quantitative estimate of drug-likeness (QED) is 0.201. The van der Waals surface area contributed by atoms with Crippen LogP contribution in [0.25, 0.3) is 6.08 Å². The van der Waals surface area contributed by atoms with Crippen molar-refractivity contribution in [2.45, 2.75) is 34.3 Å². The number of benzene rings is 3. The van der Waals surface area contributed by atoms with Gasteiger partial charge < -0.3 is 18.9 Å². The number of carbonyl (C=O) groups excluding carboxylic acids is 3. The van der Waals surface area contributed by atoms with Crippen LogP contribution in [0.15, 0.2) is 64.6 Å². The van der Waals surface area contributed by atoms with Crippen molar-refractivity contribution < 1.29 is 33.3 Å². The lowest BCUT2D eigenvalue weighted by molar-refractivity contribution is -0.122. The van der Waals surface area contributed by atoms with E-state index in [-0.39, 0.29) is 11.3 Å². The van der Waals surface area contributed by atoms with E-state index in [9.17, 15) is 14.4 Å². The maximum atomic E-state index is 13.7. The number of ether oxygens (including phenoxy) is 4. The monoisotopic (exact) mass is 622 g/mol. The zero-order valence-electron chi connectivity index (χ0n) is 23.3. The molecular weight excluding hydrogens is 592 g/mol. The van der Waals surface area contributed by atoms with Gasteiger partial charge in [-0.15, -0.1) is 0 Å². The summed E-state index contributed by atoms with van der Waals surface area (Å²) < 4.78 is 23.7. The average Bonchev–Trinajstić information content (AvgIpc) is 2.93. The number of anilines is 1. The number of urea groups is 1. The fraction of sp³-hybridized carbons (Fsp3) is 0.258. The molecule has 4 amide bonds. The summed E-state index contributed by atoms with van der Waals surface area (Å²) in [4.78, 5) is 40.3. The molecule has 0 atom stereocenters. The van der Waals surface area contributed by atoms with Crippen LogP contribution in [0.4, 0.5) is 10.5 Å². The van der Waals surface area contributed by atoms with E-state index < -0.39 is 17.8 Å². The van der Waals surface area contributed by atoms with E-state index in [4.69, 9.17) is 18.9 Å². The van der Waals surface area contributed by atoms with Crippen LogP contribution in [0.1, 0.15) is 37.5 Å². The molecule has 10 heteroatoms. The molecule has 0 saturated carbocycles. The minimum Gasteiger partial charge on any atom is -0.494 e. The molecule has 0 bridgehead atoms. The molecule has 1 heterocycles. The molecular formula is C31H31BrN2O7. The first kappa shape index (κ1) is 29.7. The Morgan fingerprint density at radius 1 is 0.829 bits per heavy atom. The lowest BCUT2D eigenvalue weighted by atomic mass is 10.1. The number of imide groups is 2. The summed E-state index contributed by atoms with van der Waals surface area (Å²) in [7, 11) is 0. The Morgan fingerprint density at radius 2 is 1.54 bits per heavy atom. The summed E-state index contributed by atoms with van der Waals surface area (Å²) in [5.74, 6) is 0.0442. The molecule has 1 N–H and O–H groups in total. The van der Waals surface area contributed by atoms with Crippen LogP contribution in [-0.4, -0.2) is 37.7 Å². The average molecular weight is 624 g/mol. The smallest absolute Gasteiger partial charge is 0.336 e. The molecule has 3 aromatic carbocycles. The zero-order chi connectivity index (χ0) is 29.5. The number of halogens is 1. The minimum atomic E-state index is -0.888. The maximum absolute atomic E-state index is 13.7. The highest BCUT2D eigenvalue weighted by molar-refractivity contribution is 9.10. The van der Waals surface area contributed by atoms with Gasteiger partial charge in [0, 0.05) is 10.5 Å². The van der Waals surface area contributed by atoms with Gasteiger partial charge in [0.15, 0.2) is 11.5 Å². The fourth-order valence-corrected chi connectivity index (χ4v) is 4.68. The SMILES string of the molecule is CCOc1ccc(OCC)c(N2C(=O)NC(=O)/C(=C\c3cc(OCC)c(OCc4cccc(C)c4)cc3Br)C2=O)c1. The highest BCUT2D eigenvalue weighted by Crippen LogP contribution is 2.38. The molecule has 41 heavy (non-hydrogen) atoms. The number of carbonyl (C=O) groups is 3. The number of barbiturate groups is 1. The summed E-state index contributed by atoms with van der Waals surface area (Å²) in [6, 6.07) is 15.3. The van der Waals surface area contributed by atoms with E-state index in [1.54, 1.807) is 31.2 Å². The summed E-state index contributed by atoms with van der Waals surface area (Å²) in [5, 5.41) is 2.25. The molecule has 0 unspecified atom stereocenters. The normalized spacial score (nSPS) is 14.2. The number of hydrogen-bond acceptors (Lipinski definition) is 7. The number of aryl methyl sites for hydroxylation is 1. The lowest BCUT2D eigenvalue weighted by Gasteiger charge is -2.28. The van der Waals surface area contributed by atoms with Crippen molar-refractivity contribution in [1.29, 1.82) is 0 Å². The van der Waals surface area contributed by atoms with Gasteiger partial charge in [-0.2, -0.15) is 0 Å². The molecule has 9 nitrogen and oxygen atoms in total. The Bertz CT molecular complexity index is 1500. The van der Waals surface area contributed by atoms with E-state index in [0.29, 0.717) is 59.5 Å². The number of rotatable bonds is 11. The van der Waals surface area contributed by atoms with Crippen LogP contribution >= 0.6 is 15.9 Å². The van der Waals surface area contributed by atoms with Gasteiger partial charge in [-0.3, -0.25) is 14.9 Å². The second kappa shape index (κ2) is 13.4. The van der Waals surface area contributed by atoms with Crippen molar-refractivity contribution in [3.8, 4) is 23.0 Å². The Balaban J connectivity index is 1.70. The maximum Gasteiger partial charge on any atom is 0.336 e. The van der Waals surface area contributed by atoms with Gasteiger partial charge in [0.05, 0.1) is 25.5 Å². The lowest BCUT2D eigenvalue weighted by Crippen LogP contribution is -2.54. The van der Waals surface area contributed by atoms with Gasteiger partial charge in [0.2, 0.25) is 0 Å². The van der Waals surface area contributed by atoms with Crippen LogP contribution in [0.3, 0.4) is 0 Å². The van der Waals surface area contributed by atoms with Crippen molar-refractivity contribution in [2.75, 3.05) is 24.7 Å². The molecule has 214 valence electrons. The second-order valence-corrected chi connectivity index (χ2v) is 9.84. The van der Waals surface area contributed by atoms with Crippen LogP contribution < -0.4 is 29.2 Å². The van der Waals surface area contributed by atoms with Gasteiger partial charge in [-0.1, -0.05) is 45.8 Å². The number of amides is 4. The highest BCUT2D eigenvalue weighted by Gasteiger charge is 2.38. The third-order valence-corrected chi connectivity index (χ3v) is 6.71. The molecule has 1 fully saturated rings. The van der Waals surface area contributed by atoms with E-state index in [0.717, 1.165) is 16.0 Å². The molecule has 4 rings (SSSR count). The van der Waals surface area contributed by atoms with E-state index in [2.05, 4.69) is 21.2 Å². The van der Waals surface area contributed by atoms with Gasteiger partial charge in [0.25, 0.3) is 11.8 Å². The molecule has 1 aliphatic rings. The molecule has 3 aromatic rings. The number of hydrogen-bond donors (Lipinski definition) is 1. The minimum absolute atomic E-state index is 0.160. The van der Waals surface area contributed by atoms with Crippen molar-refractivity contribution in [1.82, 2.24) is 5.32 Å². The Hall–Kier alpha value is -4.31. The first-order valence-corrected chi connectivity index (χ1v) is 14.0. The number of nitrogens with one attached hydrogen (secondary N) is 1. The van der Waals surface area contributed by atoms with Gasteiger partial charge in [-0.25, -0.2) is 9.69 Å². The third-order valence-electron chi connectivity index (χ3n) is 6.02. The Labute approximate surface area is 247 Å². The topological polar surface area (TPSA) is 103 Å². The van der Waals surface area contributed by atoms with E-state index in [1.807, 2.05) is 45.0 Å². The summed E-state index contributed by atoms with van der Waals surface area (Å²) >= 11 is 3.53. The molecule has 0 aliphatic carbocycles. The summed E-state index contributed by atoms with van der Waals surface area (Å²) in [5.41, 5.74) is 2.53. The van der Waals surface area contributed by atoms with Crippen LogP contribution in [0.2, 0.25) is 0 Å². The molecule has 1 aliphatic heterocycles. The first-order chi connectivity index (χ1) is 19.7. The van der Waals surface area contributed by atoms with Crippen molar-refractivity contribution in [3.63, 3.8) is 0 Å². The van der Waals surface area contributed by atoms with Gasteiger partial charge >= 0.3 is 6.03 Å². The third kappa shape index (κ3) is 6.89. The fourth-order valence-electron chi connectivity index (χ4n) is 4.24. The van der Waals surface area contributed by atoms with Gasteiger partial charge in [0.1, 0.15) is 23.7 Å². The molecule has 0 spiro atoms. The summed E-state index contributed by atoms with van der Waals surface area (Å²) in [6.45, 7) is 8.86. The molecule has 0 aromatic heterocycles. The zero-order valence-corrected chi connectivity index (χ0v) is 24.9. The predicted molar refractivity (Wildman–Crippen MR) is 159 cm³/mol. The molecule has 1 saturated heterocycles. The second-order valence-electron chi connectivity index (χ2n) is 8.98. The van der Waals surface area contributed by atoms with Crippen molar-refractivity contribution in [3.05, 3.63) is 81.3 Å². The van der Waals surface area contributed by atoms with E-state index >= 15 is 0 Å². The van der Waals surface area contributed by atoms with Crippen molar-refractivity contribution in [2.24, 2.45) is 0 Å². The Kier molecular flexibility index (Phi) is 9.67.